The van der Waals surface area contributed by atoms with E-state index < -0.39 is 11.8 Å². The molecule has 20 heavy (non-hydrogen) atoms. The summed E-state index contributed by atoms with van der Waals surface area (Å²) >= 11 is 0. The first-order valence-corrected chi connectivity index (χ1v) is 5.88. The molecule has 0 saturated carbocycles. The molecule has 0 radical (unpaired) electrons. The van der Waals surface area contributed by atoms with Gasteiger partial charge in [0.2, 0.25) is 0 Å². The topological polar surface area (TPSA) is 55.8 Å². The number of carbonyl (C=O) groups is 1. The van der Waals surface area contributed by atoms with E-state index in [-0.39, 0.29) is 17.9 Å². The zero-order valence-electron chi connectivity index (χ0n) is 10.8. The highest BCUT2D eigenvalue weighted by molar-refractivity contribution is 5.87. The highest BCUT2D eigenvalue weighted by Crippen LogP contribution is 2.19. The maximum atomic E-state index is 13.5. The lowest BCUT2D eigenvalue weighted by Gasteiger charge is -2.08. The molecule has 0 aliphatic carbocycles. The zero-order valence-corrected chi connectivity index (χ0v) is 10.8. The van der Waals surface area contributed by atoms with Gasteiger partial charge in [0, 0.05) is 0 Å². The van der Waals surface area contributed by atoms with Gasteiger partial charge in [-0.15, -0.1) is 0 Å². The molecule has 0 fully saturated rings. The van der Waals surface area contributed by atoms with Crippen LogP contribution in [0.4, 0.5) is 4.39 Å². The van der Waals surface area contributed by atoms with E-state index >= 15 is 0 Å². The minimum absolute atomic E-state index is 0.180. The van der Waals surface area contributed by atoms with Gasteiger partial charge in [0.15, 0.2) is 11.6 Å². The van der Waals surface area contributed by atoms with Crippen LogP contribution in [0.2, 0.25) is 0 Å². The first-order valence-electron chi connectivity index (χ1n) is 5.88. The zero-order chi connectivity index (χ0) is 14.5. The predicted octanol–water partition coefficient (Wildman–Crippen LogP) is 3.11. The summed E-state index contributed by atoms with van der Waals surface area (Å²) in [7, 11) is 1.40. The molecule has 0 aliphatic heterocycles. The van der Waals surface area contributed by atoms with Crippen molar-refractivity contribution in [1.82, 2.24) is 0 Å². The van der Waals surface area contributed by atoms with Gasteiger partial charge >= 0.3 is 5.97 Å². The van der Waals surface area contributed by atoms with Crippen molar-refractivity contribution in [2.75, 3.05) is 7.11 Å². The van der Waals surface area contributed by atoms with Crippen molar-refractivity contribution >= 4 is 5.97 Å². The van der Waals surface area contributed by atoms with Crippen LogP contribution in [0.15, 0.2) is 42.5 Å². The monoisotopic (exact) mass is 276 g/mol. The number of rotatable bonds is 5. The molecular weight excluding hydrogens is 263 g/mol. The standard InChI is InChI=1S/C15H13FO4/c1-19-14-7-2-10(8-13(14)16)9-20-12-5-3-11(4-6-12)15(17)18/h2-8H,9H2,1H3,(H,17,18). The Morgan fingerprint density at radius 1 is 1.20 bits per heavy atom. The second-order valence-corrected chi connectivity index (χ2v) is 4.09. The van der Waals surface area contributed by atoms with E-state index in [9.17, 15) is 9.18 Å². The number of carboxylic acids is 1. The van der Waals surface area contributed by atoms with E-state index in [4.69, 9.17) is 14.6 Å². The second kappa shape index (κ2) is 6.06. The van der Waals surface area contributed by atoms with Crippen LogP contribution < -0.4 is 9.47 Å². The quantitative estimate of drug-likeness (QED) is 0.911. The maximum Gasteiger partial charge on any atom is 0.335 e. The molecule has 0 atom stereocenters. The van der Waals surface area contributed by atoms with Gasteiger partial charge in [-0.2, -0.15) is 0 Å². The molecule has 0 spiro atoms. The smallest absolute Gasteiger partial charge is 0.335 e. The first-order chi connectivity index (χ1) is 9.60. The van der Waals surface area contributed by atoms with Crippen LogP contribution in [0, 0.1) is 5.82 Å². The van der Waals surface area contributed by atoms with Crippen molar-refractivity contribution in [2.24, 2.45) is 0 Å². The van der Waals surface area contributed by atoms with E-state index in [1.54, 1.807) is 18.2 Å². The molecule has 1 N–H and O–H groups in total. The Bertz CT molecular complexity index is 608. The number of ether oxygens (including phenoxy) is 2. The van der Waals surface area contributed by atoms with E-state index in [0.717, 1.165) is 0 Å². The van der Waals surface area contributed by atoms with Crippen molar-refractivity contribution in [3.8, 4) is 11.5 Å². The third-order valence-electron chi connectivity index (χ3n) is 2.72. The highest BCUT2D eigenvalue weighted by Gasteiger charge is 2.05. The summed E-state index contributed by atoms with van der Waals surface area (Å²) in [6.07, 6.45) is 0. The van der Waals surface area contributed by atoms with Crippen molar-refractivity contribution in [2.45, 2.75) is 6.61 Å². The normalized spacial score (nSPS) is 10.1. The van der Waals surface area contributed by atoms with Crippen LogP contribution in [0.25, 0.3) is 0 Å². The molecule has 0 unspecified atom stereocenters. The van der Waals surface area contributed by atoms with Gasteiger partial charge in [0.05, 0.1) is 12.7 Å². The molecular formula is C15H13FO4. The molecule has 2 aromatic rings. The fourth-order valence-corrected chi connectivity index (χ4v) is 1.66. The summed E-state index contributed by atoms with van der Waals surface area (Å²) in [6, 6.07) is 10.6. The Labute approximate surface area is 115 Å². The first kappa shape index (κ1) is 13.9. The summed E-state index contributed by atoms with van der Waals surface area (Å²) in [5.41, 5.74) is 0.846. The average molecular weight is 276 g/mol. The highest BCUT2D eigenvalue weighted by atomic mass is 19.1. The SMILES string of the molecule is COc1ccc(COc2ccc(C(=O)O)cc2)cc1F. The molecule has 0 aliphatic rings. The lowest BCUT2D eigenvalue weighted by molar-refractivity contribution is 0.0697. The van der Waals surface area contributed by atoms with Gasteiger partial charge in [-0.05, 0) is 42.0 Å². The summed E-state index contributed by atoms with van der Waals surface area (Å²) < 4.78 is 23.8. The third-order valence-corrected chi connectivity index (χ3v) is 2.72. The summed E-state index contributed by atoms with van der Waals surface area (Å²) in [6.45, 7) is 0.188. The van der Waals surface area contributed by atoms with Crippen molar-refractivity contribution in [3.63, 3.8) is 0 Å². The van der Waals surface area contributed by atoms with Crippen molar-refractivity contribution in [3.05, 3.63) is 59.4 Å². The van der Waals surface area contributed by atoms with Gasteiger partial charge < -0.3 is 14.6 Å². The maximum absolute atomic E-state index is 13.5. The molecule has 0 heterocycles. The molecule has 2 aromatic carbocycles. The van der Waals surface area contributed by atoms with Crippen LogP contribution >= 0.6 is 0 Å². The predicted molar refractivity (Wildman–Crippen MR) is 70.7 cm³/mol. The number of hydrogen-bond donors (Lipinski definition) is 1. The van der Waals surface area contributed by atoms with E-state index in [1.165, 1.54) is 31.4 Å². The van der Waals surface area contributed by atoms with Crippen LogP contribution in [0.1, 0.15) is 15.9 Å². The largest absolute Gasteiger partial charge is 0.494 e. The Morgan fingerprint density at radius 3 is 2.45 bits per heavy atom. The third kappa shape index (κ3) is 3.26. The number of hydrogen-bond acceptors (Lipinski definition) is 3. The number of carboxylic acid groups (broad SMARTS) is 1. The molecule has 0 amide bonds. The molecule has 4 nitrogen and oxygen atoms in total. The Morgan fingerprint density at radius 2 is 1.90 bits per heavy atom. The number of methoxy groups -OCH3 is 1. The Balaban J connectivity index is 2.01. The van der Waals surface area contributed by atoms with Crippen molar-refractivity contribution < 1.29 is 23.8 Å². The van der Waals surface area contributed by atoms with Gasteiger partial charge in [-0.25, -0.2) is 9.18 Å². The van der Waals surface area contributed by atoms with Crippen molar-refractivity contribution in [1.29, 1.82) is 0 Å². The summed E-state index contributed by atoms with van der Waals surface area (Å²) in [5, 5.41) is 8.77. The molecule has 2 rings (SSSR count). The molecule has 104 valence electrons. The lowest BCUT2D eigenvalue weighted by atomic mass is 10.2. The van der Waals surface area contributed by atoms with E-state index in [0.29, 0.717) is 11.3 Å². The lowest BCUT2D eigenvalue weighted by Crippen LogP contribution is -1.99. The number of benzene rings is 2. The van der Waals surface area contributed by atoms with Gasteiger partial charge in [-0.3, -0.25) is 0 Å². The Kier molecular flexibility index (Phi) is 4.20. The minimum atomic E-state index is -0.992. The second-order valence-electron chi connectivity index (χ2n) is 4.09. The van der Waals surface area contributed by atoms with Gasteiger partial charge in [0.1, 0.15) is 12.4 Å². The van der Waals surface area contributed by atoms with Crippen LogP contribution in [0.5, 0.6) is 11.5 Å². The average Bonchev–Trinajstić information content (AvgIpc) is 2.45. The summed E-state index contributed by atoms with van der Waals surface area (Å²) in [4.78, 5) is 10.7. The molecule has 0 saturated heterocycles. The Hall–Kier alpha value is -2.56. The fraction of sp³-hybridized carbons (Fsp3) is 0.133. The van der Waals surface area contributed by atoms with Gasteiger partial charge in [0.25, 0.3) is 0 Å². The van der Waals surface area contributed by atoms with E-state index in [2.05, 4.69) is 0 Å². The van der Waals surface area contributed by atoms with Crippen LogP contribution in [0.3, 0.4) is 0 Å². The molecule has 0 aromatic heterocycles. The van der Waals surface area contributed by atoms with Crippen LogP contribution in [-0.2, 0) is 6.61 Å². The molecule has 5 heteroatoms. The number of halogens is 1. The fourth-order valence-electron chi connectivity index (χ4n) is 1.66. The minimum Gasteiger partial charge on any atom is -0.494 e. The van der Waals surface area contributed by atoms with Gasteiger partial charge in [-0.1, -0.05) is 6.07 Å². The van der Waals surface area contributed by atoms with E-state index in [1.807, 2.05) is 0 Å². The van der Waals surface area contributed by atoms with Crippen LogP contribution in [-0.4, -0.2) is 18.2 Å². The summed E-state index contributed by atoms with van der Waals surface area (Å²) in [5.74, 6) is -0.741. The molecule has 0 bridgehead atoms. The number of aromatic carboxylic acids is 1.